The number of methoxy groups -OCH3 is 2. The molecule has 1 aliphatic rings. The lowest BCUT2D eigenvalue weighted by atomic mass is 10.2. The Morgan fingerprint density at radius 3 is 2.69 bits per heavy atom. The summed E-state index contributed by atoms with van der Waals surface area (Å²) in [6.45, 7) is 3.14. The van der Waals surface area contributed by atoms with Crippen LogP contribution in [0, 0.1) is 4.77 Å². The minimum absolute atomic E-state index is 0.0931. The van der Waals surface area contributed by atoms with Gasteiger partial charge < -0.3 is 18.9 Å². The summed E-state index contributed by atoms with van der Waals surface area (Å²) >= 11 is 5.28. The van der Waals surface area contributed by atoms with Gasteiger partial charge in [0.15, 0.2) is 17.3 Å². The van der Waals surface area contributed by atoms with Gasteiger partial charge in [-0.25, -0.2) is 0 Å². The summed E-state index contributed by atoms with van der Waals surface area (Å²) in [5.74, 6) is 2.38. The highest BCUT2D eigenvalue weighted by Crippen LogP contribution is 2.38. The van der Waals surface area contributed by atoms with Gasteiger partial charge >= 0.3 is 0 Å². The second-order valence-corrected chi connectivity index (χ2v) is 6.02. The molecule has 0 amide bonds. The Bertz CT molecular complexity index is 815. The quantitative estimate of drug-likeness (QED) is 0.589. The predicted molar refractivity (Wildman–Crippen MR) is 99.0 cm³/mol. The van der Waals surface area contributed by atoms with Crippen molar-refractivity contribution in [2.24, 2.45) is 5.10 Å². The molecule has 1 unspecified atom stereocenters. The fourth-order valence-electron chi connectivity index (χ4n) is 2.79. The molecule has 26 heavy (non-hydrogen) atoms. The maximum absolute atomic E-state index is 5.68. The van der Waals surface area contributed by atoms with Gasteiger partial charge in [-0.15, -0.1) is 0 Å². The molecule has 1 aromatic heterocycles. The molecule has 1 saturated heterocycles. The maximum Gasteiger partial charge on any atom is 0.216 e. The van der Waals surface area contributed by atoms with Crippen molar-refractivity contribution in [1.82, 2.24) is 14.9 Å². The van der Waals surface area contributed by atoms with E-state index in [0.29, 0.717) is 34.5 Å². The Balaban J connectivity index is 1.94. The Hall–Kier alpha value is -2.39. The van der Waals surface area contributed by atoms with Crippen molar-refractivity contribution in [1.29, 1.82) is 0 Å². The van der Waals surface area contributed by atoms with E-state index in [2.05, 4.69) is 15.3 Å². The van der Waals surface area contributed by atoms with Gasteiger partial charge in [-0.3, -0.25) is 5.10 Å². The van der Waals surface area contributed by atoms with Gasteiger partial charge in [0.25, 0.3) is 0 Å². The minimum atomic E-state index is -0.0931. The number of rotatable bonds is 7. The molecule has 1 fully saturated rings. The van der Waals surface area contributed by atoms with Crippen molar-refractivity contribution in [2.75, 3.05) is 27.4 Å². The number of benzene rings is 1. The molecular formula is C17H22N4O4S. The van der Waals surface area contributed by atoms with Crippen LogP contribution in [0.15, 0.2) is 17.2 Å². The van der Waals surface area contributed by atoms with Gasteiger partial charge in [0.2, 0.25) is 10.5 Å². The predicted octanol–water partition coefficient (Wildman–Crippen LogP) is 3.09. The number of aromatic nitrogens is 3. The topological polar surface area (TPSA) is 82.9 Å². The third-order valence-electron chi connectivity index (χ3n) is 3.99. The molecule has 0 spiro atoms. The summed E-state index contributed by atoms with van der Waals surface area (Å²) in [7, 11) is 3.17. The normalized spacial score (nSPS) is 17.0. The summed E-state index contributed by atoms with van der Waals surface area (Å²) < 4.78 is 24.1. The first kappa shape index (κ1) is 18.4. The maximum atomic E-state index is 5.68. The fraction of sp³-hybridized carbons (Fsp3) is 0.471. The van der Waals surface area contributed by atoms with Crippen LogP contribution in [0.4, 0.5) is 0 Å². The van der Waals surface area contributed by atoms with E-state index in [1.54, 1.807) is 25.1 Å². The van der Waals surface area contributed by atoms with E-state index >= 15 is 0 Å². The largest absolute Gasteiger partial charge is 0.493 e. The number of H-pyrrole nitrogens is 1. The highest BCUT2D eigenvalue weighted by molar-refractivity contribution is 7.71. The van der Waals surface area contributed by atoms with E-state index in [1.807, 2.05) is 19.1 Å². The summed E-state index contributed by atoms with van der Waals surface area (Å²) in [5, 5.41) is 11.5. The Morgan fingerprint density at radius 2 is 2.12 bits per heavy atom. The standard InChI is InChI=1S/C17H22N4O4S/c1-4-24-15-13(22-2)8-11(9-14(15)23-3)10-18-21-16(19-20-17(21)26)12-6-5-7-25-12/h8-10,12H,4-7H2,1-3H3,(H,20,26)/b18-10-. The average Bonchev–Trinajstić information content (AvgIpc) is 3.30. The van der Waals surface area contributed by atoms with Gasteiger partial charge in [0.05, 0.1) is 27.0 Å². The number of hydrogen-bond donors (Lipinski definition) is 1. The van der Waals surface area contributed by atoms with Crippen LogP contribution in [0.25, 0.3) is 0 Å². The molecule has 1 aromatic carbocycles. The van der Waals surface area contributed by atoms with Crippen molar-refractivity contribution < 1.29 is 18.9 Å². The fourth-order valence-corrected chi connectivity index (χ4v) is 2.98. The lowest BCUT2D eigenvalue weighted by Gasteiger charge is -2.14. The molecule has 1 N–H and O–H groups in total. The van der Waals surface area contributed by atoms with E-state index in [1.165, 1.54) is 0 Å². The zero-order valence-electron chi connectivity index (χ0n) is 15.0. The first-order chi connectivity index (χ1) is 12.7. The lowest BCUT2D eigenvalue weighted by Crippen LogP contribution is -2.05. The van der Waals surface area contributed by atoms with Crippen LogP contribution in [0.5, 0.6) is 17.2 Å². The Labute approximate surface area is 156 Å². The van der Waals surface area contributed by atoms with E-state index < -0.39 is 0 Å². The zero-order chi connectivity index (χ0) is 18.5. The van der Waals surface area contributed by atoms with Gasteiger partial charge in [0.1, 0.15) is 6.10 Å². The molecule has 0 saturated carbocycles. The van der Waals surface area contributed by atoms with E-state index in [-0.39, 0.29) is 6.10 Å². The number of nitrogens with zero attached hydrogens (tertiary/aromatic N) is 3. The van der Waals surface area contributed by atoms with E-state index in [9.17, 15) is 0 Å². The third-order valence-corrected chi connectivity index (χ3v) is 4.25. The van der Waals surface area contributed by atoms with Gasteiger partial charge in [-0.05, 0) is 44.1 Å². The number of nitrogens with one attached hydrogen (secondary N) is 1. The molecule has 9 heteroatoms. The van der Waals surface area contributed by atoms with E-state index in [4.69, 9.17) is 31.2 Å². The molecule has 0 bridgehead atoms. The van der Waals surface area contributed by atoms with Crippen molar-refractivity contribution in [3.63, 3.8) is 0 Å². The molecule has 0 radical (unpaired) electrons. The molecule has 1 aliphatic heterocycles. The number of hydrogen-bond acceptors (Lipinski definition) is 7. The van der Waals surface area contributed by atoms with Crippen molar-refractivity contribution in [3.05, 3.63) is 28.3 Å². The molecule has 1 atom stereocenters. The van der Waals surface area contributed by atoms with Crippen LogP contribution in [0.1, 0.15) is 37.3 Å². The zero-order valence-corrected chi connectivity index (χ0v) is 15.8. The first-order valence-corrected chi connectivity index (χ1v) is 8.80. The molecular weight excluding hydrogens is 356 g/mol. The summed E-state index contributed by atoms with van der Waals surface area (Å²) in [6.07, 6.45) is 3.48. The molecule has 2 aromatic rings. The Kier molecular flexibility index (Phi) is 5.89. The Morgan fingerprint density at radius 1 is 1.38 bits per heavy atom. The first-order valence-electron chi connectivity index (χ1n) is 8.40. The second-order valence-electron chi connectivity index (χ2n) is 5.63. The average molecular weight is 378 g/mol. The summed E-state index contributed by atoms with van der Waals surface area (Å²) in [5.41, 5.74) is 0.781. The lowest BCUT2D eigenvalue weighted by molar-refractivity contribution is 0.102. The summed E-state index contributed by atoms with van der Waals surface area (Å²) in [6, 6.07) is 3.65. The van der Waals surface area contributed by atoms with Gasteiger partial charge in [0, 0.05) is 12.2 Å². The minimum Gasteiger partial charge on any atom is -0.493 e. The highest BCUT2D eigenvalue weighted by atomic mass is 32.1. The molecule has 0 aliphatic carbocycles. The van der Waals surface area contributed by atoms with Crippen LogP contribution < -0.4 is 14.2 Å². The third kappa shape index (κ3) is 3.73. The van der Waals surface area contributed by atoms with Crippen LogP contribution in [-0.2, 0) is 4.74 Å². The van der Waals surface area contributed by atoms with Crippen LogP contribution >= 0.6 is 12.2 Å². The molecule has 8 nitrogen and oxygen atoms in total. The van der Waals surface area contributed by atoms with Crippen LogP contribution in [0.3, 0.4) is 0 Å². The van der Waals surface area contributed by atoms with E-state index in [0.717, 1.165) is 25.0 Å². The summed E-state index contributed by atoms with van der Waals surface area (Å²) in [4.78, 5) is 0. The van der Waals surface area contributed by atoms with Crippen LogP contribution in [0.2, 0.25) is 0 Å². The highest BCUT2D eigenvalue weighted by Gasteiger charge is 2.23. The van der Waals surface area contributed by atoms with Crippen molar-refractivity contribution >= 4 is 18.4 Å². The smallest absolute Gasteiger partial charge is 0.216 e. The van der Waals surface area contributed by atoms with Crippen molar-refractivity contribution in [2.45, 2.75) is 25.9 Å². The SMILES string of the molecule is CCOc1c(OC)cc(/C=N\n2c(C3CCCO3)n[nH]c2=S)cc1OC. The van der Waals surface area contributed by atoms with Crippen LogP contribution in [-0.4, -0.2) is 48.5 Å². The number of aromatic amines is 1. The molecule has 2 heterocycles. The van der Waals surface area contributed by atoms with Gasteiger partial charge in [-0.2, -0.15) is 14.9 Å². The van der Waals surface area contributed by atoms with Gasteiger partial charge in [-0.1, -0.05) is 0 Å². The number of ether oxygens (including phenoxy) is 4. The molecule has 3 rings (SSSR count). The second kappa shape index (κ2) is 8.33. The molecule has 140 valence electrons. The van der Waals surface area contributed by atoms with Crippen molar-refractivity contribution in [3.8, 4) is 17.2 Å². The monoisotopic (exact) mass is 378 g/mol.